The number of hydrogen-bond donors (Lipinski definition) is 1. The van der Waals surface area contributed by atoms with E-state index in [-0.39, 0.29) is 5.91 Å². The van der Waals surface area contributed by atoms with Crippen molar-refractivity contribution >= 4 is 34.0 Å². The molecule has 0 unspecified atom stereocenters. The maximum Gasteiger partial charge on any atom is 0.267 e. The van der Waals surface area contributed by atoms with Crippen molar-refractivity contribution in [3.8, 4) is 10.6 Å². The normalized spacial score (nSPS) is 11.0. The van der Waals surface area contributed by atoms with Crippen molar-refractivity contribution in [3.05, 3.63) is 65.4 Å². The van der Waals surface area contributed by atoms with Crippen molar-refractivity contribution in [2.45, 2.75) is 6.92 Å². The highest BCUT2D eigenvalue weighted by Gasteiger charge is 2.19. The van der Waals surface area contributed by atoms with Crippen LogP contribution in [0.3, 0.4) is 0 Å². The SMILES string of the molecule is Cc1nc(-c2cn(C)c3ncccc23)sc1C(=O)Nc1ccccc1. The van der Waals surface area contributed by atoms with Gasteiger partial charge in [-0.15, -0.1) is 11.3 Å². The Morgan fingerprint density at radius 1 is 1.16 bits per heavy atom. The zero-order chi connectivity index (χ0) is 17.4. The monoisotopic (exact) mass is 348 g/mol. The lowest BCUT2D eigenvalue weighted by atomic mass is 10.2. The van der Waals surface area contributed by atoms with Crippen LogP contribution in [0.4, 0.5) is 5.69 Å². The Hall–Kier alpha value is -2.99. The second kappa shape index (κ2) is 6.14. The van der Waals surface area contributed by atoms with Gasteiger partial charge in [0.1, 0.15) is 15.5 Å². The van der Waals surface area contributed by atoms with Crippen molar-refractivity contribution < 1.29 is 4.79 Å². The second-order valence-corrected chi connectivity index (χ2v) is 6.78. The number of nitrogens with one attached hydrogen (secondary N) is 1. The molecule has 0 aliphatic heterocycles. The Labute approximate surface area is 149 Å². The number of benzene rings is 1. The van der Waals surface area contributed by atoms with Crippen molar-refractivity contribution in [1.29, 1.82) is 0 Å². The molecular weight excluding hydrogens is 332 g/mol. The van der Waals surface area contributed by atoms with E-state index >= 15 is 0 Å². The van der Waals surface area contributed by atoms with Gasteiger partial charge in [0.05, 0.1) is 5.69 Å². The Bertz CT molecular complexity index is 1070. The Morgan fingerprint density at radius 2 is 1.96 bits per heavy atom. The molecule has 0 radical (unpaired) electrons. The summed E-state index contributed by atoms with van der Waals surface area (Å²) in [6, 6.07) is 13.4. The van der Waals surface area contributed by atoms with E-state index in [1.165, 1.54) is 11.3 Å². The van der Waals surface area contributed by atoms with E-state index in [4.69, 9.17) is 0 Å². The fourth-order valence-electron chi connectivity index (χ4n) is 2.81. The maximum atomic E-state index is 12.6. The predicted octanol–water partition coefficient (Wildman–Crippen LogP) is 4.26. The number of rotatable bonds is 3. The number of nitrogens with zero attached hydrogens (tertiary/aromatic N) is 3. The number of hydrogen-bond acceptors (Lipinski definition) is 4. The van der Waals surface area contributed by atoms with Crippen LogP contribution < -0.4 is 5.32 Å². The standard InChI is InChI=1S/C19H16N4OS/c1-12-16(18(24)22-13-7-4-3-5-8-13)25-19(21-12)15-11-23(2)17-14(15)9-6-10-20-17/h3-11H,1-2H3,(H,22,24). The van der Waals surface area contributed by atoms with Gasteiger partial charge in [0, 0.05) is 36.1 Å². The highest BCUT2D eigenvalue weighted by molar-refractivity contribution is 7.17. The van der Waals surface area contributed by atoms with Gasteiger partial charge in [-0.3, -0.25) is 4.79 Å². The minimum absolute atomic E-state index is 0.134. The summed E-state index contributed by atoms with van der Waals surface area (Å²) in [6.07, 6.45) is 3.78. The summed E-state index contributed by atoms with van der Waals surface area (Å²) in [7, 11) is 1.96. The van der Waals surface area contributed by atoms with Gasteiger partial charge in [-0.25, -0.2) is 9.97 Å². The van der Waals surface area contributed by atoms with Gasteiger partial charge in [-0.2, -0.15) is 0 Å². The minimum Gasteiger partial charge on any atom is -0.335 e. The third-order valence-corrected chi connectivity index (χ3v) is 5.19. The van der Waals surface area contributed by atoms with Crippen LogP contribution in [0.2, 0.25) is 0 Å². The summed E-state index contributed by atoms with van der Waals surface area (Å²) < 4.78 is 1.98. The Kier molecular flexibility index (Phi) is 3.82. The summed E-state index contributed by atoms with van der Waals surface area (Å²) >= 11 is 1.40. The van der Waals surface area contributed by atoms with Crippen LogP contribution in [0, 0.1) is 6.92 Å². The molecule has 5 nitrogen and oxygen atoms in total. The minimum atomic E-state index is -0.134. The molecule has 1 N–H and O–H groups in total. The molecule has 3 aromatic heterocycles. The number of aryl methyl sites for hydroxylation is 2. The molecule has 0 aliphatic rings. The molecule has 0 aliphatic carbocycles. The first kappa shape index (κ1) is 15.5. The molecule has 0 fully saturated rings. The quantitative estimate of drug-likeness (QED) is 0.602. The Morgan fingerprint density at radius 3 is 2.76 bits per heavy atom. The molecule has 3 heterocycles. The molecule has 0 spiro atoms. The molecule has 0 saturated heterocycles. The van der Waals surface area contributed by atoms with E-state index in [0.717, 1.165) is 33.0 Å². The number of pyridine rings is 1. The largest absolute Gasteiger partial charge is 0.335 e. The molecule has 0 atom stereocenters. The fourth-order valence-corrected chi connectivity index (χ4v) is 3.80. The van der Waals surface area contributed by atoms with Gasteiger partial charge in [0.15, 0.2) is 0 Å². The fraction of sp³-hybridized carbons (Fsp3) is 0.105. The van der Waals surface area contributed by atoms with Gasteiger partial charge < -0.3 is 9.88 Å². The molecule has 0 saturated carbocycles. The smallest absolute Gasteiger partial charge is 0.267 e. The molecule has 4 aromatic rings. The van der Waals surface area contributed by atoms with E-state index in [1.54, 1.807) is 6.20 Å². The number of fused-ring (bicyclic) bond motifs is 1. The molecule has 0 bridgehead atoms. The third kappa shape index (κ3) is 2.81. The lowest BCUT2D eigenvalue weighted by molar-refractivity contribution is 0.103. The second-order valence-electron chi connectivity index (χ2n) is 5.78. The lowest BCUT2D eigenvalue weighted by Gasteiger charge is -2.02. The zero-order valence-corrected chi connectivity index (χ0v) is 14.7. The van der Waals surface area contributed by atoms with Crippen molar-refractivity contribution in [2.24, 2.45) is 7.05 Å². The van der Waals surface area contributed by atoms with Crippen LogP contribution >= 0.6 is 11.3 Å². The van der Waals surface area contributed by atoms with Gasteiger partial charge in [0.25, 0.3) is 5.91 Å². The van der Waals surface area contributed by atoms with E-state index < -0.39 is 0 Å². The summed E-state index contributed by atoms with van der Waals surface area (Å²) in [5.74, 6) is -0.134. The van der Waals surface area contributed by atoms with Crippen LogP contribution in [0.1, 0.15) is 15.4 Å². The van der Waals surface area contributed by atoms with Gasteiger partial charge in [-0.05, 0) is 31.2 Å². The summed E-state index contributed by atoms with van der Waals surface area (Å²) in [5, 5.41) is 4.78. The van der Waals surface area contributed by atoms with E-state index in [0.29, 0.717) is 4.88 Å². The highest BCUT2D eigenvalue weighted by Crippen LogP contribution is 2.33. The van der Waals surface area contributed by atoms with Crippen LogP contribution in [0.15, 0.2) is 54.9 Å². The van der Waals surface area contributed by atoms with Crippen LogP contribution in [-0.4, -0.2) is 20.4 Å². The first-order chi connectivity index (χ1) is 12.1. The van der Waals surface area contributed by atoms with Crippen molar-refractivity contribution in [1.82, 2.24) is 14.5 Å². The number of amides is 1. The third-order valence-electron chi connectivity index (χ3n) is 4.00. The molecule has 124 valence electrons. The number of carbonyl (C=O) groups is 1. The lowest BCUT2D eigenvalue weighted by Crippen LogP contribution is -2.11. The average molecular weight is 348 g/mol. The summed E-state index contributed by atoms with van der Waals surface area (Å²) in [5.41, 5.74) is 3.41. The highest BCUT2D eigenvalue weighted by atomic mass is 32.1. The van der Waals surface area contributed by atoms with Gasteiger partial charge in [0.2, 0.25) is 0 Å². The number of carbonyl (C=O) groups excluding carboxylic acids is 1. The molecule has 4 rings (SSSR count). The molecule has 1 aromatic carbocycles. The zero-order valence-electron chi connectivity index (χ0n) is 13.9. The van der Waals surface area contributed by atoms with Crippen molar-refractivity contribution in [3.63, 3.8) is 0 Å². The first-order valence-electron chi connectivity index (χ1n) is 7.88. The molecular formula is C19H16N4OS. The first-order valence-corrected chi connectivity index (χ1v) is 8.69. The Balaban J connectivity index is 1.71. The average Bonchev–Trinajstić information content (AvgIpc) is 3.17. The van der Waals surface area contributed by atoms with E-state index in [9.17, 15) is 4.79 Å². The van der Waals surface area contributed by atoms with Crippen molar-refractivity contribution in [2.75, 3.05) is 5.32 Å². The van der Waals surface area contributed by atoms with E-state index in [1.807, 2.05) is 67.2 Å². The number of thiazole rings is 1. The topological polar surface area (TPSA) is 59.8 Å². The van der Waals surface area contributed by atoms with Crippen LogP contribution in [0.5, 0.6) is 0 Å². The summed E-state index contributed by atoms with van der Waals surface area (Å²) in [4.78, 5) is 22.2. The molecule has 25 heavy (non-hydrogen) atoms. The summed E-state index contributed by atoms with van der Waals surface area (Å²) in [6.45, 7) is 1.86. The van der Waals surface area contributed by atoms with E-state index in [2.05, 4.69) is 15.3 Å². The predicted molar refractivity (Wildman–Crippen MR) is 101 cm³/mol. The van der Waals surface area contributed by atoms with Crippen LogP contribution in [-0.2, 0) is 7.05 Å². The maximum absolute atomic E-state index is 12.6. The number of aromatic nitrogens is 3. The molecule has 6 heteroatoms. The number of para-hydroxylation sites is 1. The van der Waals surface area contributed by atoms with Gasteiger partial charge >= 0.3 is 0 Å². The molecule has 1 amide bonds. The number of anilines is 1. The van der Waals surface area contributed by atoms with Crippen LogP contribution in [0.25, 0.3) is 21.6 Å². The van der Waals surface area contributed by atoms with Gasteiger partial charge in [-0.1, -0.05) is 18.2 Å².